The summed E-state index contributed by atoms with van der Waals surface area (Å²) in [5.41, 5.74) is 5.23. The lowest BCUT2D eigenvalue weighted by atomic mass is 10.1. The average molecular weight is 337 g/mol. The Morgan fingerprint density at radius 1 is 0.917 bits per heavy atom. The Kier molecular flexibility index (Phi) is 5.08. The molecule has 3 rings (SSSR count). The van der Waals surface area contributed by atoms with Crippen LogP contribution in [0, 0.1) is 0 Å². The number of fused-ring (bicyclic) bond motifs is 1. The summed E-state index contributed by atoms with van der Waals surface area (Å²) in [5, 5.41) is 2.30. The van der Waals surface area contributed by atoms with Crippen molar-refractivity contribution in [3.05, 3.63) is 72.6 Å². The molecule has 5 nitrogen and oxygen atoms in total. The zero-order valence-electron chi connectivity index (χ0n) is 12.7. The van der Waals surface area contributed by atoms with Gasteiger partial charge in [0, 0.05) is 22.9 Å². The van der Waals surface area contributed by atoms with Crippen molar-refractivity contribution in [2.45, 2.75) is 4.90 Å². The quantitative estimate of drug-likeness (QED) is 0.567. The van der Waals surface area contributed by atoms with Gasteiger partial charge in [0.1, 0.15) is 0 Å². The van der Waals surface area contributed by atoms with E-state index in [4.69, 9.17) is 0 Å². The van der Waals surface area contributed by atoms with E-state index in [0.29, 0.717) is 5.56 Å². The summed E-state index contributed by atoms with van der Waals surface area (Å²) in [5.74, 6) is -0.424. The molecule has 24 heavy (non-hydrogen) atoms. The van der Waals surface area contributed by atoms with Crippen molar-refractivity contribution in [1.29, 1.82) is 0 Å². The van der Waals surface area contributed by atoms with Gasteiger partial charge in [-0.1, -0.05) is 30.3 Å². The van der Waals surface area contributed by atoms with Gasteiger partial charge in [-0.15, -0.1) is 11.8 Å². The van der Waals surface area contributed by atoms with Gasteiger partial charge in [0.15, 0.2) is 0 Å². The first-order valence-electron chi connectivity index (χ1n) is 7.33. The molecule has 1 aromatic heterocycles. The third-order valence-corrected chi connectivity index (χ3v) is 4.34. The second-order valence-electron chi connectivity index (χ2n) is 5.04. The average Bonchev–Trinajstić information content (AvgIpc) is 2.65. The van der Waals surface area contributed by atoms with Crippen LogP contribution in [0.2, 0.25) is 0 Å². The zero-order valence-corrected chi connectivity index (χ0v) is 13.5. The number of pyridine rings is 1. The van der Waals surface area contributed by atoms with E-state index in [1.807, 2.05) is 42.5 Å². The predicted octanol–water partition coefficient (Wildman–Crippen LogP) is 2.79. The van der Waals surface area contributed by atoms with E-state index < -0.39 is 0 Å². The Labute approximate surface area is 143 Å². The van der Waals surface area contributed by atoms with Crippen LogP contribution in [0.15, 0.2) is 71.9 Å². The smallest absolute Gasteiger partial charge is 0.269 e. The largest absolute Gasteiger partial charge is 0.272 e. The van der Waals surface area contributed by atoms with E-state index >= 15 is 0 Å². The first kappa shape index (κ1) is 16.0. The summed E-state index contributed by atoms with van der Waals surface area (Å²) in [6.07, 6.45) is 3.04. The Balaban J connectivity index is 1.50. The maximum Gasteiger partial charge on any atom is 0.269 e. The Morgan fingerprint density at radius 2 is 1.67 bits per heavy atom. The summed E-state index contributed by atoms with van der Waals surface area (Å²) in [6.45, 7) is 0. The zero-order chi connectivity index (χ0) is 16.8. The normalized spacial score (nSPS) is 10.3. The van der Waals surface area contributed by atoms with Gasteiger partial charge in [0.2, 0.25) is 5.91 Å². The molecule has 120 valence electrons. The molecular formula is C18H15N3O2S. The highest BCUT2D eigenvalue weighted by Crippen LogP contribution is 2.23. The molecule has 2 N–H and O–H groups in total. The monoisotopic (exact) mass is 337 g/mol. The number of aromatic nitrogens is 1. The van der Waals surface area contributed by atoms with E-state index in [2.05, 4.69) is 15.8 Å². The molecule has 2 amide bonds. The van der Waals surface area contributed by atoms with Crippen molar-refractivity contribution in [2.24, 2.45) is 0 Å². The maximum atomic E-state index is 11.9. The molecule has 0 atom stereocenters. The number of hydrogen-bond donors (Lipinski definition) is 2. The Bertz CT molecular complexity index is 868. The molecular weight excluding hydrogens is 322 g/mol. The molecule has 0 saturated carbocycles. The maximum absolute atomic E-state index is 11.9. The number of rotatable bonds is 4. The lowest BCUT2D eigenvalue weighted by molar-refractivity contribution is -0.119. The lowest BCUT2D eigenvalue weighted by Crippen LogP contribution is -2.42. The van der Waals surface area contributed by atoms with Gasteiger partial charge in [0.05, 0.1) is 5.75 Å². The molecule has 0 fully saturated rings. The Morgan fingerprint density at radius 3 is 2.46 bits per heavy atom. The van der Waals surface area contributed by atoms with Crippen molar-refractivity contribution in [2.75, 3.05) is 5.75 Å². The van der Waals surface area contributed by atoms with E-state index in [0.717, 1.165) is 15.7 Å². The molecule has 0 unspecified atom stereocenters. The van der Waals surface area contributed by atoms with Crippen molar-refractivity contribution in [1.82, 2.24) is 15.8 Å². The minimum Gasteiger partial charge on any atom is -0.272 e. The van der Waals surface area contributed by atoms with E-state index in [1.54, 1.807) is 12.1 Å². The molecule has 2 aromatic carbocycles. The predicted molar refractivity (Wildman–Crippen MR) is 94.5 cm³/mol. The number of nitrogens with zero attached hydrogens (tertiary/aromatic N) is 1. The fourth-order valence-corrected chi connectivity index (χ4v) is 2.89. The van der Waals surface area contributed by atoms with Crippen molar-refractivity contribution >= 4 is 34.3 Å². The second kappa shape index (κ2) is 7.61. The number of thioether (sulfide) groups is 1. The van der Waals surface area contributed by atoms with Crippen molar-refractivity contribution < 1.29 is 9.59 Å². The molecule has 0 spiro atoms. The van der Waals surface area contributed by atoms with Crippen LogP contribution in [-0.4, -0.2) is 22.6 Å². The van der Waals surface area contributed by atoms with Gasteiger partial charge < -0.3 is 0 Å². The van der Waals surface area contributed by atoms with E-state index in [9.17, 15) is 9.59 Å². The topological polar surface area (TPSA) is 71.1 Å². The van der Waals surface area contributed by atoms with Gasteiger partial charge in [-0.2, -0.15) is 0 Å². The van der Waals surface area contributed by atoms with E-state index in [1.165, 1.54) is 24.2 Å². The number of benzene rings is 2. The second-order valence-corrected chi connectivity index (χ2v) is 6.08. The molecule has 1 heterocycles. The molecule has 0 radical (unpaired) electrons. The molecule has 0 aliphatic heterocycles. The molecule has 0 aliphatic rings. The first-order chi connectivity index (χ1) is 11.7. The number of hydrazine groups is 1. The SMILES string of the molecule is O=C(CSc1ccc2ccccc2c1)NNC(=O)c1ccncc1. The highest BCUT2D eigenvalue weighted by Gasteiger charge is 2.07. The molecule has 0 aliphatic carbocycles. The minimum atomic E-state index is -0.374. The first-order valence-corrected chi connectivity index (χ1v) is 8.32. The number of nitrogens with one attached hydrogen (secondary N) is 2. The molecule has 0 bridgehead atoms. The number of carbonyl (C=O) groups excluding carboxylic acids is 2. The third kappa shape index (κ3) is 4.11. The number of hydrogen-bond acceptors (Lipinski definition) is 4. The molecule has 6 heteroatoms. The van der Waals surface area contributed by atoms with Gasteiger partial charge >= 0.3 is 0 Å². The van der Waals surface area contributed by atoms with Crippen LogP contribution in [0.5, 0.6) is 0 Å². The van der Waals surface area contributed by atoms with Gasteiger partial charge in [-0.05, 0) is 35.0 Å². The van der Waals surface area contributed by atoms with Crippen LogP contribution in [0.3, 0.4) is 0 Å². The van der Waals surface area contributed by atoms with Crippen LogP contribution in [-0.2, 0) is 4.79 Å². The summed E-state index contributed by atoms with van der Waals surface area (Å²) >= 11 is 1.42. The number of carbonyl (C=O) groups is 2. The fourth-order valence-electron chi connectivity index (χ4n) is 2.14. The number of amides is 2. The van der Waals surface area contributed by atoms with Crippen molar-refractivity contribution in [3.63, 3.8) is 0 Å². The van der Waals surface area contributed by atoms with Crippen LogP contribution in [0.25, 0.3) is 10.8 Å². The van der Waals surface area contributed by atoms with Crippen molar-refractivity contribution in [3.8, 4) is 0 Å². The van der Waals surface area contributed by atoms with Gasteiger partial charge in [0.25, 0.3) is 5.91 Å². The van der Waals surface area contributed by atoms with Crippen LogP contribution < -0.4 is 10.9 Å². The summed E-state index contributed by atoms with van der Waals surface area (Å²) < 4.78 is 0. The van der Waals surface area contributed by atoms with Gasteiger partial charge in [-0.25, -0.2) is 0 Å². The fraction of sp³-hybridized carbons (Fsp3) is 0.0556. The third-order valence-electron chi connectivity index (χ3n) is 3.35. The lowest BCUT2D eigenvalue weighted by Gasteiger charge is -2.07. The summed E-state index contributed by atoms with van der Waals surface area (Å²) in [7, 11) is 0. The van der Waals surface area contributed by atoms with Crippen LogP contribution in [0.1, 0.15) is 10.4 Å². The summed E-state index contributed by atoms with van der Waals surface area (Å²) in [4.78, 5) is 28.5. The van der Waals surface area contributed by atoms with Gasteiger partial charge in [-0.3, -0.25) is 25.4 Å². The standard InChI is InChI=1S/C18H15N3O2S/c22-17(20-21-18(23)14-7-9-19-10-8-14)12-24-16-6-5-13-3-1-2-4-15(13)11-16/h1-11H,12H2,(H,20,22)(H,21,23). The Hall–Kier alpha value is -2.86. The molecule has 0 saturated heterocycles. The van der Waals surface area contributed by atoms with Crippen LogP contribution in [0.4, 0.5) is 0 Å². The summed E-state index contributed by atoms with van der Waals surface area (Å²) in [6, 6.07) is 17.3. The highest BCUT2D eigenvalue weighted by atomic mass is 32.2. The minimum absolute atomic E-state index is 0.217. The van der Waals surface area contributed by atoms with Crippen LogP contribution >= 0.6 is 11.8 Å². The van der Waals surface area contributed by atoms with E-state index in [-0.39, 0.29) is 17.6 Å². The molecule has 3 aromatic rings. The highest BCUT2D eigenvalue weighted by molar-refractivity contribution is 8.00.